The van der Waals surface area contributed by atoms with Gasteiger partial charge in [-0.05, 0) is 36.8 Å². The van der Waals surface area contributed by atoms with Crippen LogP contribution >= 0.6 is 9.24 Å². The largest absolute Gasteiger partial charge is 0.480 e. The highest BCUT2D eigenvalue weighted by Crippen LogP contribution is 2.28. The maximum atomic E-state index is 12.4. The summed E-state index contributed by atoms with van der Waals surface area (Å²) >= 11 is 0. The van der Waals surface area contributed by atoms with Crippen LogP contribution in [0.2, 0.25) is 0 Å². The summed E-state index contributed by atoms with van der Waals surface area (Å²) in [5.41, 5.74) is 7.07. The van der Waals surface area contributed by atoms with Gasteiger partial charge in [0.2, 0.25) is 5.88 Å². The van der Waals surface area contributed by atoms with Crippen LogP contribution in [0.5, 0.6) is 5.88 Å². The van der Waals surface area contributed by atoms with Crippen molar-refractivity contribution in [3.8, 4) is 5.88 Å². The van der Waals surface area contributed by atoms with Gasteiger partial charge in [-0.3, -0.25) is 9.79 Å². The normalized spacial score (nSPS) is 19.3. The maximum Gasteiger partial charge on any atom is 0.275 e. The molecule has 166 valence electrons. The highest BCUT2D eigenvalue weighted by molar-refractivity contribution is 7.92. The molecular weight excluding hydrogens is 437 g/mol. The number of benzene rings is 1. The summed E-state index contributed by atoms with van der Waals surface area (Å²) in [5, 5.41) is 2.70. The molecule has 9 nitrogen and oxygen atoms in total. The molecule has 0 aliphatic carbocycles. The molecule has 0 bridgehead atoms. The molecule has 2 aromatic rings. The van der Waals surface area contributed by atoms with Crippen molar-refractivity contribution in [2.24, 2.45) is 10.7 Å². The Kier molecular flexibility index (Phi) is 8.24. The van der Waals surface area contributed by atoms with Crippen LogP contribution in [-0.2, 0) is 9.84 Å². The van der Waals surface area contributed by atoms with E-state index in [1.165, 1.54) is 26.4 Å². The molecule has 0 radical (unpaired) electrons. The molecule has 3 N–H and O–H groups in total. The number of hydrogen-bond acceptors (Lipinski definition) is 8. The fourth-order valence-corrected chi connectivity index (χ4v) is 4.49. The van der Waals surface area contributed by atoms with Gasteiger partial charge in [0.05, 0.1) is 31.3 Å². The van der Waals surface area contributed by atoms with E-state index in [-0.39, 0.29) is 17.3 Å². The second-order valence-corrected chi connectivity index (χ2v) is 9.68. The second kappa shape index (κ2) is 10.5. The van der Waals surface area contributed by atoms with Crippen LogP contribution in [0, 0.1) is 0 Å². The van der Waals surface area contributed by atoms with Gasteiger partial charge in [0, 0.05) is 5.69 Å². The molecule has 31 heavy (non-hydrogen) atoms. The number of aliphatic imine (C=N–C) groups is 1. The first-order valence-corrected chi connectivity index (χ1v) is 11.6. The smallest absolute Gasteiger partial charge is 0.275 e. The van der Waals surface area contributed by atoms with E-state index in [0.717, 1.165) is 5.30 Å². The summed E-state index contributed by atoms with van der Waals surface area (Å²) in [6.07, 6.45) is 4.40. The van der Waals surface area contributed by atoms with Crippen molar-refractivity contribution >= 4 is 41.8 Å². The van der Waals surface area contributed by atoms with Gasteiger partial charge in [-0.25, -0.2) is 18.4 Å². The molecular formula is C20H26N5O4PS. The number of nitrogens with zero attached hydrogens (tertiary/aromatic N) is 3. The van der Waals surface area contributed by atoms with Gasteiger partial charge in [-0.15, -0.1) is 15.8 Å². The van der Waals surface area contributed by atoms with Crippen molar-refractivity contribution < 1.29 is 17.9 Å². The zero-order valence-corrected chi connectivity index (χ0v) is 19.5. The number of amidine groups is 1. The Morgan fingerprint density at radius 2 is 2.03 bits per heavy atom. The van der Waals surface area contributed by atoms with Crippen LogP contribution in [0.4, 0.5) is 5.69 Å². The summed E-state index contributed by atoms with van der Waals surface area (Å²) in [6, 6.07) is 4.51. The number of sulfone groups is 1. The predicted octanol–water partition coefficient (Wildman–Crippen LogP) is 1.65. The van der Waals surface area contributed by atoms with Crippen molar-refractivity contribution in [3.63, 3.8) is 0 Å². The molecule has 0 saturated heterocycles. The molecule has 1 amide bonds. The van der Waals surface area contributed by atoms with Gasteiger partial charge in [0.25, 0.3) is 5.91 Å². The predicted molar refractivity (Wildman–Crippen MR) is 126 cm³/mol. The number of ether oxygens (including phenoxy) is 1. The number of rotatable bonds is 4. The summed E-state index contributed by atoms with van der Waals surface area (Å²) in [4.78, 5) is 24.7. The minimum Gasteiger partial charge on any atom is -0.480 e. The number of amides is 1. The van der Waals surface area contributed by atoms with E-state index in [1.54, 1.807) is 24.3 Å². The number of allylic oxidation sites excluding steroid dienone is 1. The third-order valence-electron chi connectivity index (χ3n) is 4.42. The van der Waals surface area contributed by atoms with Crippen molar-refractivity contribution in [2.45, 2.75) is 25.1 Å². The van der Waals surface area contributed by atoms with E-state index in [1.807, 2.05) is 6.92 Å². The molecule has 0 spiro atoms. The minimum atomic E-state index is -3.39. The lowest BCUT2D eigenvalue weighted by atomic mass is 10.1. The Labute approximate surface area is 184 Å². The first kappa shape index (κ1) is 24.4. The van der Waals surface area contributed by atoms with Gasteiger partial charge in [-0.1, -0.05) is 12.1 Å². The first-order valence-electron chi connectivity index (χ1n) is 9.31. The van der Waals surface area contributed by atoms with Crippen molar-refractivity contribution in [2.75, 3.05) is 18.2 Å². The second-order valence-electron chi connectivity index (χ2n) is 6.69. The summed E-state index contributed by atoms with van der Waals surface area (Å²) in [7, 11) is 0.609. The van der Waals surface area contributed by atoms with E-state index in [0.29, 0.717) is 17.1 Å². The average Bonchev–Trinajstić information content (AvgIpc) is 2.73. The van der Waals surface area contributed by atoms with E-state index in [4.69, 9.17) is 10.5 Å². The number of aromatic nitrogens is 2. The number of anilines is 1. The van der Waals surface area contributed by atoms with Gasteiger partial charge < -0.3 is 15.8 Å². The number of nitrogens with two attached hydrogens (primary N) is 1. The topological polar surface area (TPSA) is 137 Å². The fourth-order valence-electron chi connectivity index (χ4n) is 2.70. The molecule has 2 heterocycles. The zero-order valence-electron chi connectivity index (χ0n) is 17.6. The van der Waals surface area contributed by atoms with Gasteiger partial charge in [0.15, 0.2) is 9.84 Å². The fraction of sp³-hybridized carbons (Fsp3) is 0.300. The standard InChI is InChI=1S/C17H20N5O4PS.C3H6/c1-9-16(18)22-13(8-28(9,24)25)11-5-10(3-4-14(11)27)21-17(23)12-6-20-15(26-2)7-19-12;1-3-2/h3-7,9,13H,8,27H2,1-2H3,(H2,18,22)(H,21,23);3H,1H2,2H3. The van der Waals surface area contributed by atoms with Crippen LogP contribution in [0.25, 0.3) is 0 Å². The lowest BCUT2D eigenvalue weighted by molar-refractivity contribution is 0.102. The lowest BCUT2D eigenvalue weighted by Crippen LogP contribution is -2.41. The van der Waals surface area contributed by atoms with Gasteiger partial charge in [0.1, 0.15) is 16.8 Å². The molecule has 3 unspecified atom stereocenters. The Hall–Kier alpha value is -2.84. The lowest BCUT2D eigenvalue weighted by Gasteiger charge is -2.25. The number of methoxy groups -OCH3 is 1. The van der Waals surface area contributed by atoms with Gasteiger partial charge in [-0.2, -0.15) is 0 Å². The number of hydrogen-bond donors (Lipinski definition) is 2. The Morgan fingerprint density at radius 1 is 1.35 bits per heavy atom. The van der Waals surface area contributed by atoms with Gasteiger partial charge >= 0.3 is 0 Å². The van der Waals surface area contributed by atoms with Crippen molar-refractivity contribution in [1.82, 2.24) is 9.97 Å². The Bertz CT molecular complexity index is 1090. The summed E-state index contributed by atoms with van der Waals surface area (Å²) in [6.45, 7) is 6.78. The maximum absolute atomic E-state index is 12.4. The molecule has 1 aliphatic heterocycles. The zero-order chi connectivity index (χ0) is 23.2. The van der Waals surface area contributed by atoms with Crippen LogP contribution in [0.15, 0.2) is 48.2 Å². The Morgan fingerprint density at radius 3 is 2.58 bits per heavy atom. The van der Waals surface area contributed by atoms with Crippen LogP contribution < -0.4 is 21.1 Å². The third kappa shape index (κ3) is 6.08. The quantitative estimate of drug-likeness (QED) is 0.520. The van der Waals surface area contributed by atoms with E-state index in [2.05, 4.69) is 36.1 Å². The van der Waals surface area contributed by atoms with Crippen LogP contribution in [0.3, 0.4) is 0 Å². The highest BCUT2D eigenvalue weighted by atomic mass is 32.2. The monoisotopic (exact) mass is 463 g/mol. The molecule has 0 saturated carbocycles. The van der Waals surface area contributed by atoms with E-state index >= 15 is 0 Å². The Balaban J connectivity index is 0.00000107. The van der Waals surface area contributed by atoms with Crippen LogP contribution in [-0.4, -0.2) is 48.2 Å². The molecule has 0 fully saturated rings. The molecule has 1 aromatic heterocycles. The first-order chi connectivity index (χ1) is 14.6. The summed E-state index contributed by atoms with van der Waals surface area (Å²) < 4.78 is 29.6. The third-order valence-corrected chi connectivity index (χ3v) is 7.05. The van der Waals surface area contributed by atoms with Crippen molar-refractivity contribution in [3.05, 3.63) is 54.5 Å². The summed E-state index contributed by atoms with van der Waals surface area (Å²) in [5.74, 6) is -0.207. The molecule has 3 rings (SSSR count). The molecule has 11 heteroatoms. The number of carbonyl (C=O) groups is 1. The minimum absolute atomic E-state index is 0.0867. The van der Waals surface area contributed by atoms with E-state index < -0.39 is 27.0 Å². The molecule has 1 aromatic carbocycles. The number of nitrogens with one attached hydrogen (secondary N) is 1. The van der Waals surface area contributed by atoms with Crippen LogP contribution in [0.1, 0.15) is 35.9 Å². The molecule has 3 atom stereocenters. The molecule has 1 aliphatic rings. The number of carbonyl (C=O) groups excluding carboxylic acids is 1. The van der Waals surface area contributed by atoms with Crippen molar-refractivity contribution in [1.29, 1.82) is 0 Å². The average molecular weight is 464 g/mol. The highest BCUT2D eigenvalue weighted by Gasteiger charge is 2.34. The van der Waals surface area contributed by atoms with E-state index in [9.17, 15) is 13.2 Å². The SMILES string of the molecule is C=CC.COc1cnc(C(=O)Nc2ccc(P)c(C3CS(=O)(=O)C(C)C(N)=N3)c2)cn1.